The fraction of sp³-hybridized carbons (Fsp3) is 0.0833. The molecule has 0 aliphatic rings. The van der Waals surface area contributed by atoms with Crippen LogP contribution in [0.4, 0.5) is 10.1 Å². The van der Waals surface area contributed by atoms with E-state index in [2.05, 4.69) is 4.98 Å². The standard InChI is InChI=1S/C12H11FN2/c13-10-4-1-3-9(7-10)8-12-11(14)5-2-6-15-12/h1-7H,8,14H2. The van der Waals surface area contributed by atoms with E-state index in [0.29, 0.717) is 12.1 Å². The van der Waals surface area contributed by atoms with Gasteiger partial charge in [-0.2, -0.15) is 0 Å². The van der Waals surface area contributed by atoms with Gasteiger partial charge in [0.2, 0.25) is 0 Å². The van der Waals surface area contributed by atoms with Crippen molar-refractivity contribution < 1.29 is 4.39 Å². The molecule has 76 valence electrons. The number of nitrogen functional groups attached to an aromatic ring is 1. The summed E-state index contributed by atoms with van der Waals surface area (Å²) in [6, 6.07) is 10.0. The van der Waals surface area contributed by atoms with E-state index in [1.54, 1.807) is 24.4 Å². The molecule has 1 aromatic carbocycles. The minimum absolute atomic E-state index is 0.234. The molecule has 0 unspecified atom stereocenters. The van der Waals surface area contributed by atoms with Gasteiger partial charge >= 0.3 is 0 Å². The molecule has 0 amide bonds. The third-order valence-electron chi connectivity index (χ3n) is 2.19. The molecule has 2 aromatic rings. The third kappa shape index (κ3) is 2.31. The first-order valence-electron chi connectivity index (χ1n) is 4.69. The Kier molecular flexibility index (Phi) is 2.63. The Morgan fingerprint density at radius 2 is 2.07 bits per heavy atom. The van der Waals surface area contributed by atoms with Gasteiger partial charge in [0.05, 0.1) is 11.4 Å². The number of nitrogens with two attached hydrogens (primary N) is 1. The first-order valence-corrected chi connectivity index (χ1v) is 4.69. The van der Waals surface area contributed by atoms with Gasteiger partial charge in [-0.15, -0.1) is 0 Å². The van der Waals surface area contributed by atoms with E-state index in [0.717, 1.165) is 11.3 Å². The van der Waals surface area contributed by atoms with E-state index in [1.807, 2.05) is 6.07 Å². The molecule has 0 fully saturated rings. The van der Waals surface area contributed by atoms with Crippen LogP contribution in [-0.2, 0) is 6.42 Å². The maximum Gasteiger partial charge on any atom is 0.123 e. The highest BCUT2D eigenvalue weighted by atomic mass is 19.1. The lowest BCUT2D eigenvalue weighted by molar-refractivity contribution is 0.626. The van der Waals surface area contributed by atoms with Crippen molar-refractivity contribution in [2.75, 3.05) is 5.73 Å². The average Bonchev–Trinajstić information content (AvgIpc) is 2.22. The Hall–Kier alpha value is -1.90. The second kappa shape index (κ2) is 4.09. The molecule has 2 rings (SSSR count). The van der Waals surface area contributed by atoms with Gasteiger partial charge in [0.1, 0.15) is 5.82 Å². The number of hydrogen-bond acceptors (Lipinski definition) is 2. The molecule has 0 bridgehead atoms. The Bertz CT molecular complexity index is 469. The van der Waals surface area contributed by atoms with Gasteiger partial charge in [0, 0.05) is 12.6 Å². The molecule has 0 spiro atoms. The molecule has 2 N–H and O–H groups in total. The lowest BCUT2D eigenvalue weighted by Gasteiger charge is -2.04. The third-order valence-corrected chi connectivity index (χ3v) is 2.19. The van der Waals surface area contributed by atoms with Crippen LogP contribution in [0.15, 0.2) is 42.6 Å². The zero-order valence-electron chi connectivity index (χ0n) is 8.15. The zero-order chi connectivity index (χ0) is 10.7. The van der Waals surface area contributed by atoms with Crippen molar-refractivity contribution in [1.29, 1.82) is 0 Å². The monoisotopic (exact) mass is 202 g/mol. The molecule has 1 aromatic heterocycles. The van der Waals surface area contributed by atoms with Crippen LogP contribution in [0.3, 0.4) is 0 Å². The summed E-state index contributed by atoms with van der Waals surface area (Å²) in [5.74, 6) is -0.234. The normalized spacial score (nSPS) is 10.2. The highest BCUT2D eigenvalue weighted by Gasteiger charge is 2.02. The molecular weight excluding hydrogens is 191 g/mol. The van der Waals surface area contributed by atoms with E-state index < -0.39 is 0 Å². The van der Waals surface area contributed by atoms with Gasteiger partial charge in [-0.1, -0.05) is 12.1 Å². The van der Waals surface area contributed by atoms with Crippen molar-refractivity contribution in [1.82, 2.24) is 4.98 Å². The molecule has 0 radical (unpaired) electrons. The minimum Gasteiger partial charge on any atom is -0.397 e. The van der Waals surface area contributed by atoms with Crippen LogP contribution in [0.2, 0.25) is 0 Å². The van der Waals surface area contributed by atoms with Gasteiger partial charge in [0.15, 0.2) is 0 Å². The number of benzene rings is 1. The molecular formula is C12H11FN2. The van der Waals surface area contributed by atoms with Crippen molar-refractivity contribution in [2.24, 2.45) is 0 Å². The van der Waals surface area contributed by atoms with Crippen LogP contribution in [0.25, 0.3) is 0 Å². The molecule has 0 aliphatic heterocycles. The summed E-state index contributed by atoms with van der Waals surface area (Å²) in [5, 5.41) is 0. The molecule has 0 atom stereocenters. The fourth-order valence-electron chi connectivity index (χ4n) is 1.44. The van der Waals surface area contributed by atoms with E-state index in [9.17, 15) is 4.39 Å². The first-order chi connectivity index (χ1) is 7.25. The van der Waals surface area contributed by atoms with Gasteiger partial charge in [0.25, 0.3) is 0 Å². The lowest BCUT2D eigenvalue weighted by Crippen LogP contribution is -1.98. The van der Waals surface area contributed by atoms with Crippen LogP contribution < -0.4 is 5.73 Å². The van der Waals surface area contributed by atoms with Gasteiger partial charge < -0.3 is 5.73 Å². The largest absolute Gasteiger partial charge is 0.397 e. The minimum atomic E-state index is -0.234. The average molecular weight is 202 g/mol. The van der Waals surface area contributed by atoms with E-state index in [-0.39, 0.29) is 5.82 Å². The van der Waals surface area contributed by atoms with Crippen molar-refractivity contribution in [3.8, 4) is 0 Å². The van der Waals surface area contributed by atoms with Crippen molar-refractivity contribution >= 4 is 5.69 Å². The Balaban J connectivity index is 2.26. The second-order valence-electron chi connectivity index (χ2n) is 3.35. The number of anilines is 1. The molecule has 1 heterocycles. The smallest absolute Gasteiger partial charge is 0.123 e. The molecule has 0 saturated carbocycles. The summed E-state index contributed by atoms with van der Waals surface area (Å²) in [7, 11) is 0. The summed E-state index contributed by atoms with van der Waals surface area (Å²) in [6.45, 7) is 0. The summed E-state index contributed by atoms with van der Waals surface area (Å²) in [4.78, 5) is 4.16. The summed E-state index contributed by atoms with van der Waals surface area (Å²) < 4.78 is 12.9. The predicted octanol–water partition coefficient (Wildman–Crippen LogP) is 2.39. The number of aromatic nitrogens is 1. The first kappa shape index (κ1) is 9.65. The van der Waals surface area contributed by atoms with E-state index in [4.69, 9.17) is 5.73 Å². The van der Waals surface area contributed by atoms with Crippen LogP contribution in [-0.4, -0.2) is 4.98 Å². The predicted molar refractivity (Wildman–Crippen MR) is 57.9 cm³/mol. The molecule has 0 aliphatic carbocycles. The van der Waals surface area contributed by atoms with Gasteiger partial charge in [-0.05, 0) is 29.8 Å². The van der Waals surface area contributed by atoms with Crippen LogP contribution >= 0.6 is 0 Å². The topological polar surface area (TPSA) is 38.9 Å². The highest BCUT2D eigenvalue weighted by molar-refractivity contribution is 5.44. The Labute approximate surface area is 87.6 Å². The number of pyridine rings is 1. The summed E-state index contributed by atoms with van der Waals surface area (Å²) >= 11 is 0. The Morgan fingerprint density at radius 3 is 2.80 bits per heavy atom. The van der Waals surface area contributed by atoms with Crippen molar-refractivity contribution in [2.45, 2.75) is 6.42 Å². The lowest BCUT2D eigenvalue weighted by atomic mass is 10.1. The van der Waals surface area contributed by atoms with Gasteiger partial charge in [-0.3, -0.25) is 4.98 Å². The van der Waals surface area contributed by atoms with Crippen LogP contribution in [0.5, 0.6) is 0 Å². The van der Waals surface area contributed by atoms with E-state index >= 15 is 0 Å². The van der Waals surface area contributed by atoms with Crippen molar-refractivity contribution in [3.05, 3.63) is 59.7 Å². The number of nitrogens with zero attached hydrogens (tertiary/aromatic N) is 1. The number of halogens is 1. The maximum absolute atomic E-state index is 12.9. The highest BCUT2D eigenvalue weighted by Crippen LogP contribution is 2.13. The van der Waals surface area contributed by atoms with Crippen LogP contribution in [0, 0.1) is 5.82 Å². The zero-order valence-corrected chi connectivity index (χ0v) is 8.15. The van der Waals surface area contributed by atoms with Gasteiger partial charge in [-0.25, -0.2) is 4.39 Å². The summed E-state index contributed by atoms with van der Waals surface area (Å²) in [5.41, 5.74) is 8.05. The fourth-order valence-corrected chi connectivity index (χ4v) is 1.44. The molecule has 15 heavy (non-hydrogen) atoms. The van der Waals surface area contributed by atoms with Crippen molar-refractivity contribution in [3.63, 3.8) is 0 Å². The molecule has 2 nitrogen and oxygen atoms in total. The quantitative estimate of drug-likeness (QED) is 0.812. The maximum atomic E-state index is 12.9. The summed E-state index contributed by atoms with van der Waals surface area (Å²) in [6.07, 6.45) is 2.25. The Morgan fingerprint density at radius 1 is 1.20 bits per heavy atom. The van der Waals surface area contributed by atoms with E-state index in [1.165, 1.54) is 12.1 Å². The second-order valence-corrected chi connectivity index (χ2v) is 3.35. The van der Waals surface area contributed by atoms with Crippen LogP contribution in [0.1, 0.15) is 11.3 Å². The molecule has 0 saturated heterocycles. The number of hydrogen-bond donors (Lipinski definition) is 1. The molecule has 3 heteroatoms. The SMILES string of the molecule is Nc1cccnc1Cc1cccc(F)c1. The number of rotatable bonds is 2.